The number of imidazole rings is 4. The Balaban J connectivity index is 0.000000204. The summed E-state index contributed by atoms with van der Waals surface area (Å²) in [5.74, 6) is 3.32. The zero-order valence-corrected chi connectivity index (χ0v) is 81.2. The highest BCUT2D eigenvalue weighted by molar-refractivity contribution is 6.08. The second-order valence-electron chi connectivity index (χ2n) is 38.3. The van der Waals surface area contributed by atoms with E-state index >= 15 is 0 Å². The topological polar surface area (TPSA) is 433 Å². The normalized spacial score (nSPS) is 20.4. The summed E-state index contributed by atoms with van der Waals surface area (Å²) in [6, 6.07) is 25.2. The Kier molecular flexibility index (Phi) is 32.2. The molecule has 6 aliphatic rings. The molecule has 0 radical (unpaired) electrons. The van der Waals surface area contributed by atoms with Crippen LogP contribution in [-0.4, -0.2) is 231 Å². The van der Waals surface area contributed by atoms with Crippen LogP contribution in [0.4, 0.5) is 24.0 Å². The lowest BCUT2D eigenvalue weighted by molar-refractivity contribution is -0.141. The number of nitrogens with one attached hydrogen (secondary N) is 8. The summed E-state index contributed by atoms with van der Waals surface area (Å²) in [5.41, 5.74) is 12.6. The maximum absolute atomic E-state index is 14.2. The monoisotopic (exact) mass is 1890 g/mol. The number of carbonyl (C=O) groups excluding carboxylic acids is 8. The number of methoxy groups -OCH3 is 6. The maximum Gasteiger partial charge on any atom is 0.410 e. The molecular weight excluding hydrogens is 1750 g/mol. The quantitative estimate of drug-likeness (QED) is 0.0227. The van der Waals surface area contributed by atoms with E-state index in [1.165, 1.54) is 28.4 Å². The summed E-state index contributed by atoms with van der Waals surface area (Å²) < 4.78 is 48.6. The van der Waals surface area contributed by atoms with Crippen molar-refractivity contribution in [1.29, 1.82) is 0 Å². The van der Waals surface area contributed by atoms with Crippen LogP contribution < -0.4 is 30.7 Å². The Morgan fingerprint density at radius 3 is 1.18 bits per heavy atom. The molecule has 6 aliphatic heterocycles. The highest BCUT2D eigenvalue weighted by atomic mass is 16.6. The van der Waals surface area contributed by atoms with Crippen molar-refractivity contribution >= 4 is 97.8 Å². The molecule has 10 aromatic rings. The van der Waals surface area contributed by atoms with Gasteiger partial charge in [-0.25, -0.2) is 48.7 Å². The van der Waals surface area contributed by atoms with Crippen LogP contribution in [0.15, 0.2) is 97.3 Å². The molecule has 4 fully saturated rings. The van der Waals surface area contributed by atoms with E-state index in [-0.39, 0.29) is 103 Å². The zero-order chi connectivity index (χ0) is 97.6. The van der Waals surface area contributed by atoms with Crippen LogP contribution in [0.3, 0.4) is 0 Å². The van der Waals surface area contributed by atoms with Crippen molar-refractivity contribution in [3.05, 3.63) is 132 Å². The van der Waals surface area contributed by atoms with Gasteiger partial charge in [0.05, 0.1) is 112 Å². The first-order valence-corrected chi connectivity index (χ1v) is 47.2. The number of amides is 8. The number of alkyl carbamates (subject to hydrolysis) is 4. The average Bonchev–Trinajstić information content (AvgIpc) is 1.73. The first-order valence-electron chi connectivity index (χ1n) is 47.2. The Morgan fingerprint density at radius 1 is 0.453 bits per heavy atom. The Bertz CT molecular complexity index is 6060. The van der Waals surface area contributed by atoms with Crippen LogP contribution in [0.25, 0.3) is 88.4 Å². The van der Waals surface area contributed by atoms with Gasteiger partial charge in [0.1, 0.15) is 77.8 Å². The minimum atomic E-state index is -1.04. The molecule has 4 saturated heterocycles. The van der Waals surface area contributed by atoms with E-state index in [4.69, 9.17) is 62.9 Å². The zero-order valence-electron chi connectivity index (χ0n) is 81.2. The minimum absolute atomic E-state index is 0. The molecule has 0 saturated carbocycles. The number of nitrogens with zero attached hydrogens (tertiary/aromatic N) is 8. The third kappa shape index (κ3) is 22.0. The number of aromatic nitrogens is 8. The number of aromatic amines is 4. The third-order valence-corrected chi connectivity index (χ3v) is 27.6. The molecule has 16 rings (SSSR count). The van der Waals surface area contributed by atoms with Crippen molar-refractivity contribution in [3.8, 4) is 56.3 Å². The number of carboxylic acids is 1. The van der Waals surface area contributed by atoms with Crippen LogP contribution in [0, 0.1) is 47.3 Å². The molecule has 9 N–H and O–H groups in total. The fraction of sp³-hybridized carbons (Fsp3) is 0.520. The van der Waals surface area contributed by atoms with Crippen LogP contribution in [0.5, 0.6) is 11.5 Å². The van der Waals surface area contributed by atoms with Crippen molar-refractivity contribution in [2.45, 2.75) is 216 Å². The number of carbonyl (C=O) groups is 9. The van der Waals surface area contributed by atoms with Gasteiger partial charge in [-0.2, -0.15) is 0 Å². The highest BCUT2D eigenvalue weighted by Crippen LogP contribution is 2.48. The SMILES string of the molecule is C.CCC(C)[C@H](NC(=O)OC)C(=O)N1C[C@@H](C)CC1c1ncc(-c2ccc3c(c2)COc2cc4c(ccc5[nH]c([C@@H]6C[C@H](COC)CN6C(=O)OC(C)(C)C)nc54)cc2-3)[nH]1.CCC(C)[C@H](NC(=O)OC)C(=O)N1C[C@@H](C)CC1c1ncc(-c2ccc3c(c2)COc2cc4c(ccc5[nH]c([C@@H]6C[C@H](COC)CN6C(=O)[C@@H](NC(=O)OC)[C@@H](C)CC)nc54)cc2-3)[nH]1.CCC(C)[C@H](NC(=O)OC)C(=O)O. The van der Waals surface area contributed by atoms with E-state index in [1.807, 2.05) is 108 Å². The number of fused-ring (bicyclic) bond motifs is 12. The van der Waals surface area contributed by atoms with Gasteiger partial charge in [0.2, 0.25) is 17.7 Å². The van der Waals surface area contributed by atoms with E-state index in [2.05, 4.69) is 133 Å². The molecule has 137 heavy (non-hydrogen) atoms. The first-order chi connectivity index (χ1) is 65.1. The standard InChI is InChI=1S/C48H60N8O8.C45H55N7O7.C8H15NO4.CH4/c1-9-26(4)40(53-47(59)62-7)45(57)55-21-25(3)15-37(55)43-49-20-36(51-43)30-11-13-32-31(17-30)24-64-39-19-33-29(18-34(32)39)12-14-35-42(33)52-44(50-35)38-16-28(23-61-6)22-56(38)46(58)41(27(5)10-2)54-48(60)63-8;1-9-25(3)38(50-43(54)57-8)42(53)51-20-24(2)14-35(51)40-46-19-34(48-40)28-10-12-30-29(16-28)23-58-37-18-31-27(17-32(30)37)11-13-33-39(31)49-41(47-33)36-15-26(22-56-7)21-52(36)44(55)59-45(4,5)6;1-4-5(2)6(7(10)11)9-8(12)13-3;/h11-14,17-20,25-28,37-38,40-41H,9-10,15-16,21-24H2,1-8H3,(H,49,51)(H,50,52)(H,53,59)(H,54,60);10-13,16-19,24-26,35-36,38H,9,14-15,20-23H2,1-8H3,(H,46,48)(H,47,49)(H,50,54);5-6H,4H2,1-3H3,(H,9,12)(H,10,11);1H4/t25-,26?,27-,28-,37?,38-,40-,41-;24-,25?,26-,35?,36-,38-;5?,6-;/m000./s1. The van der Waals surface area contributed by atoms with Crippen molar-refractivity contribution in [1.82, 2.24) is 80.7 Å². The summed E-state index contributed by atoms with van der Waals surface area (Å²) in [7, 11) is 8.45. The summed E-state index contributed by atoms with van der Waals surface area (Å²) in [6.07, 6.45) is 6.41. The van der Waals surface area contributed by atoms with Crippen LogP contribution >= 0.6 is 0 Å². The van der Waals surface area contributed by atoms with E-state index in [9.17, 15) is 43.2 Å². The molecular formula is C102H134N16O19. The van der Waals surface area contributed by atoms with E-state index in [1.54, 1.807) is 26.0 Å². The number of H-pyrrole nitrogens is 4. The van der Waals surface area contributed by atoms with Crippen LogP contribution in [0.2, 0.25) is 0 Å². The molecule has 8 amide bonds. The molecule has 0 bridgehead atoms. The lowest BCUT2D eigenvalue weighted by Gasteiger charge is -2.30. The van der Waals surface area contributed by atoms with Gasteiger partial charge in [0.15, 0.2) is 0 Å². The number of likely N-dealkylation sites (tertiary alicyclic amines) is 4. The fourth-order valence-electron chi connectivity index (χ4n) is 19.5. The molecule has 4 aromatic heterocycles. The van der Waals surface area contributed by atoms with Gasteiger partial charge < -0.3 is 104 Å². The first kappa shape index (κ1) is 101. The second-order valence-corrected chi connectivity index (χ2v) is 38.3. The van der Waals surface area contributed by atoms with Gasteiger partial charge in [-0.1, -0.05) is 139 Å². The van der Waals surface area contributed by atoms with Gasteiger partial charge in [-0.05, 0) is 175 Å². The molecule has 6 aromatic carbocycles. The maximum atomic E-state index is 14.2. The molecule has 0 aliphatic carbocycles. The Hall–Kier alpha value is -13.1. The van der Waals surface area contributed by atoms with Crippen molar-refractivity contribution in [3.63, 3.8) is 0 Å². The van der Waals surface area contributed by atoms with Crippen LogP contribution in [-0.2, 0) is 65.5 Å². The lowest BCUT2D eigenvalue weighted by atomic mass is 9.92. The Morgan fingerprint density at radius 2 is 0.810 bits per heavy atom. The van der Waals surface area contributed by atoms with Gasteiger partial charge in [-0.15, -0.1) is 0 Å². The summed E-state index contributed by atoms with van der Waals surface area (Å²) in [5, 5.41) is 23.3. The highest BCUT2D eigenvalue weighted by Gasteiger charge is 2.47. The lowest BCUT2D eigenvalue weighted by Crippen LogP contribution is -2.51. The van der Waals surface area contributed by atoms with E-state index in [0.717, 1.165) is 155 Å². The summed E-state index contributed by atoms with van der Waals surface area (Å²) >= 11 is 0. The predicted molar refractivity (Wildman–Crippen MR) is 518 cm³/mol. The molecule has 5 unspecified atom stereocenters. The molecule has 0 spiro atoms. The number of carboxylic acid groups (broad SMARTS) is 1. The largest absolute Gasteiger partial charge is 0.488 e. The molecule has 35 nitrogen and oxygen atoms in total. The smallest absolute Gasteiger partial charge is 0.410 e. The summed E-state index contributed by atoms with van der Waals surface area (Å²) in [6.45, 7) is 29.3. The number of rotatable bonds is 26. The molecule has 736 valence electrons. The van der Waals surface area contributed by atoms with Gasteiger partial charge in [-0.3, -0.25) is 19.3 Å². The predicted octanol–water partition coefficient (Wildman–Crippen LogP) is 17.4. The molecule has 35 heteroatoms. The van der Waals surface area contributed by atoms with E-state index < -0.39 is 60.1 Å². The van der Waals surface area contributed by atoms with Crippen molar-refractivity contribution in [2.24, 2.45) is 47.3 Å². The third-order valence-electron chi connectivity index (χ3n) is 27.6. The number of benzene rings is 6. The van der Waals surface area contributed by atoms with Crippen molar-refractivity contribution < 1.29 is 90.9 Å². The van der Waals surface area contributed by atoms with Crippen LogP contribution in [0.1, 0.15) is 207 Å². The van der Waals surface area contributed by atoms with Gasteiger partial charge in [0.25, 0.3) is 0 Å². The number of ether oxygens (including phenoxy) is 9. The number of hydrogen-bond acceptors (Lipinski definition) is 22. The Labute approximate surface area is 798 Å². The van der Waals surface area contributed by atoms with Gasteiger partial charge >= 0.3 is 36.4 Å². The summed E-state index contributed by atoms with van der Waals surface area (Å²) in [4.78, 5) is 155. The fourth-order valence-corrected chi connectivity index (χ4v) is 19.5. The van der Waals surface area contributed by atoms with E-state index in [0.29, 0.717) is 83.5 Å². The number of aliphatic carboxylic acids is 1. The minimum Gasteiger partial charge on any atom is -0.488 e. The molecule has 10 heterocycles. The van der Waals surface area contributed by atoms with Crippen molar-refractivity contribution in [2.75, 3.05) is 82.1 Å². The van der Waals surface area contributed by atoms with Gasteiger partial charge in [0, 0.05) is 74.1 Å². The average molecular weight is 1890 g/mol. The molecule has 16 atom stereocenters. The number of hydrogen-bond donors (Lipinski definition) is 9. The second kappa shape index (κ2) is 43.5.